The number of methoxy groups -OCH3 is 2. The van der Waals surface area contributed by atoms with Crippen LogP contribution in [0.25, 0.3) is 0 Å². The number of pyridine rings is 2. The Morgan fingerprint density at radius 3 is 1.43 bits per heavy atom. The molecule has 0 amide bonds. The molecule has 10 heteroatoms. The topological polar surface area (TPSA) is 109 Å². The Labute approximate surface area is 276 Å². The minimum absolute atomic E-state index is 0.143. The molecule has 46 heavy (non-hydrogen) atoms. The van der Waals surface area contributed by atoms with E-state index in [1.54, 1.807) is 12.1 Å². The van der Waals surface area contributed by atoms with Crippen molar-refractivity contribution in [2.24, 2.45) is 0 Å². The Hall–Kier alpha value is -4.63. The number of nitrogens with one attached hydrogen (secondary N) is 1. The SMILES string of the molecule is COC(=O)c1ccc(Cl)nc1Oc1c(C)cc(C)cc1C.COC(=O)c1ccc(NC(C)(C)C)nc1Oc1c(C)cc(C)cc1C. The van der Waals surface area contributed by atoms with Crippen molar-refractivity contribution in [3.8, 4) is 23.3 Å². The van der Waals surface area contributed by atoms with E-state index in [1.807, 2.05) is 86.6 Å². The van der Waals surface area contributed by atoms with Crippen molar-refractivity contribution in [1.82, 2.24) is 9.97 Å². The molecule has 0 fully saturated rings. The fourth-order valence-electron chi connectivity index (χ4n) is 4.85. The molecule has 0 saturated heterocycles. The van der Waals surface area contributed by atoms with Crippen LogP contribution >= 0.6 is 11.6 Å². The molecular weight excluding hydrogens is 606 g/mol. The fraction of sp³-hybridized carbons (Fsp3) is 0.333. The molecule has 0 aliphatic heterocycles. The van der Waals surface area contributed by atoms with Crippen molar-refractivity contribution in [1.29, 1.82) is 0 Å². The van der Waals surface area contributed by atoms with Gasteiger partial charge in [0.1, 0.15) is 33.6 Å². The maximum absolute atomic E-state index is 12.1. The van der Waals surface area contributed by atoms with Crippen molar-refractivity contribution in [2.75, 3.05) is 19.5 Å². The van der Waals surface area contributed by atoms with Gasteiger partial charge in [-0.2, -0.15) is 4.98 Å². The van der Waals surface area contributed by atoms with Crippen molar-refractivity contribution in [3.63, 3.8) is 0 Å². The first-order valence-corrected chi connectivity index (χ1v) is 15.0. The van der Waals surface area contributed by atoms with Crippen LogP contribution in [0.1, 0.15) is 74.9 Å². The summed E-state index contributed by atoms with van der Waals surface area (Å²) in [6, 6.07) is 14.6. The van der Waals surface area contributed by atoms with E-state index in [9.17, 15) is 9.59 Å². The van der Waals surface area contributed by atoms with Crippen LogP contribution in [0, 0.1) is 41.5 Å². The van der Waals surface area contributed by atoms with Gasteiger partial charge in [0.25, 0.3) is 0 Å². The molecule has 2 aromatic heterocycles. The van der Waals surface area contributed by atoms with Crippen LogP contribution in [0.5, 0.6) is 23.3 Å². The molecule has 0 radical (unpaired) electrons. The molecule has 4 aromatic rings. The summed E-state index contributed by atoms with van der Waals surface area (Å²) < 4.78 is 21.5. The van der Waals surface area contributed by atoms with Gasteiger partial charge in [0.15, 0.2) is 0 Å². The van der Waals surface area contributed by atoms with Crippen molar-refractivity contribution in [3.05, 3.63) is 98.2 Å². The summed E-state index contributed by atoms with van der Waals surface area (Å²) in [6.07, 6.45) is 0. The van der Waals surface area contributed by atoms with E-state index >= 15 is 0 Å². The molecule has 2 heterocycles. The van der Waals surface area contributed by atoms with Crippen LogP contribution in [-0.4, -0.2) is 41.7 Å². The minimum Gasteiger partial charge on any atom is -0.465 e. The third kappa shape index (κ3) is 9.44. The predicted octanol–water partition coefficient (Wildman–Crippen LogP) is 9.04. The van der Waals surface area contributed by atoms with Crippen LogP contribution in [0.4, 0.5) is 5.82 Å². The molecule has 0 spiro atoms. The lowest BCUT2D eigenvalue weighted by Gasteiger charge is -2.22. The molecule has 2 aromatic carbocycles. The van der Waals surface area contributed by atoms with Gasteiger partial charge in [-0.3, -0.25) is 0 Å². The molecule has 0 aliphatic rings. The zero-order valence-electron chi connectivity index (χ0n) is 28.3. The molecule has 0 bridgehead atoms. The number of nitrogens with zero attached hydrogens (tertiary/aromatic N) is 2. The number of aromatic nitrogens is 2. The lowest BCUT2D eigenvalue weighted by Crippen LogP contribution is -2.26. The van der Waals surface area contributed by atoms with Gasteiger partial charge < -0.3 is 24.3 Å². The second-order valence-corrected chi connectivity index (χ2v) is 12.4. The maximum atomic E-state index is 12.1. The van der Waals surface area contributed by atoms with Crippen LogP contribution in [0.3, 0.4) is 0 Å². The highest BCUT2D eigenvalue weighted by Gasteiger charge is 2.20. The van der Waals surface area contributed by atoms with Gasteiger partial charge in [-0.1, -0.05) is 47.0 Å². The van der Waals surface area contributed by atoms with Crippen LogP contribution < -0.4 is 14.8 Å². The van der Waals surface area contributed by atoms with Gasteiger partial charge in [0, 0.05) is 5.54 Å². The first kappa shape index (κ1) is 35.8. The number of carbonyl (C=O) groups excluding carboxylic acids is 2. The molecular formula is C36H42ClN3O6. The fourth-order valence-corrected chi connectivity index (χ4v) is 4.99. The number of esters is 2. The first-order valence-electron chi connectivity index (χ1n) is 14.7. The number of benzene rings is 2. The third-order valence-corrected chi connectivity index (χ3v) is 6.82. The highest BCUT2D eigenvalue weighted by Crippen LogP contribution is 2.33. The lowest BCUT2D eigenvalue weighted by molar-refractivity contribution is 0.0587. The standard InChI is InChI=1S/C20H26N2O3.C16H16ClNO3/c1-12-10-13(2)17(14(3)11-12)25-18-15(19(23)24-7)8-9-16(21-18)22-20(4,5)6;1-9-7-10(2)14(11(3)8-9)21-15-12(16(19)20-4)5-6-13(17)18-15/h8-11H,1-7H3,(H,21,22);5-8H,1-4H3. The molecule has 0 saturated carbocycles. The quantitative estimate of drug-likeness (QED) is 0.155. The van der Waals surface area contributed by atoms with Gasteiger partial charge in [-0.15, -0.1) is 0 Å². The summed E-state index contributed by atoms with van der Waals surface area (Å²) in [5.74, 6) is 1.39. The van der Waals surface area contributed by atoms with Crippen molar-refractivity contribution < 1.29 is 28.5 Å². The number of rotatable bonds is 7. The van der Waals surface area contributed by atoms with Crippen LogP contribution in [0.2, 0.25) is 5.15 Å². The van der Waals surface area contributed by atoms with E-state index in [1.165, 1.54) is 26.4 Å². The maximum Gasteiger partial charge on any atom is 0.343 e. The molecule has 0 atom stereocenters. The average Bonchev–Trinajstić information content (AvgIpc) is 2.95. The van der Waals surface area contributed by atoms with Crippen LogP contribution in [-0.2, 0) is 9.47 Å². The zero-order chi connectivity index (χ0) is 34.3. The monoisotopic (exact) mass is 647 g/mol. The van der Waals surface area contributed by atoms with Gasteiger partial charge in [-0.25, -0.2) is 14.6 Å². The van der Waals surface area contributed by atoms with E-state index in [2.05, 4.69) is 15.3 Å². The molecule has 4 rings (SSSR count). The van der Waals surface area contributed by atoms with Crippen molar-refractivity contribution in [2.45, 2.75) is 67.9 Å². The molecule has 244 valence electrons. The highest BCUT2D eigenvalue weighted by atomic mass is 35.5. The Kier molecular flexibility index (Phi) is 11.8. The number of hydrogen-bond donors (Lipinski definition) is 1. The Morgan fingerprint density at radius 2 is 1.04 bits per heavy atom. The molecule has 0 aliphatic carbocycles. The van der Waals surface area contributed by atoms with Crippen LogP contribution in [0.15, 0.2) is 48.5 Å². The van der Waals surface area contributed by atoms with Gasteiger partial charge in [0.05, 0.1) is 14.2 Å². The second kappa shape index (κ2) is 15.1. The smallest absolute Gasteiger partial charge is 0.343 e. The Balaban J connectivity index is 0.000000254. The van der Waals surface area contributed by atoms with Gasteiger partial charge in [0.2, 0.25) is 11.8 Å². The van der Waals surface area contributed by atoms with E-state index in [-0.39, 0.29) is 28.0 Å². The highest BCUT2D eigenvalue weighted by molar-refractivity contribution is 6.29. The zero-order valence-corrected chi connectivity index (χ0v) is 29.1. The summed E-state index contributed by atoms with van der Waals surface area (Å²) in [4.78, 5) is 32.4. The predicted molar refractivity (Wildman–Crippen MR) is 181 cm³/mol. The van der Waals surface area contributed by atoms with E-state index < -0.39 is 11.9 Å². The summed E-state index contributed by atoms with van der Waals surface area (Å²) in [5.41, 5.74) is 6.58. The van der Waals surface area contributed by atoms with E-state index in [0.717, 1.165) is 33.4 Å². The normalized spacial score (nSPS) is 10.8. The average molecular weight is 648 g/mol. The lowest BCUT2D eigenvalue weighted by atomic mass is 10.1. The van der Waals surface area contributed by atoms with E-state index in [0.29, 0.717) is 22.9 Å². The molecule has 9 nitrogen and oxygen atoms in total. The number of carbonyl (C=O) groups is 2. The number of ether oxygens (including phenoxy) is 4. The number of anilines is 1. The van der Waals surface area contributed by atoms with Gasteiger partial charge >= 0.3 is 11.9 Å². The van der Waals surface area contributed by atoms with Gasteiger partial charge in [-0.05, 0) is 109 Å². The number of aryl methyl sites for hydroxylation is 6. The summed E-state index contributed by atoms with van der Waals surface area (Å²) >= 11 is 5.89. The van der Waals surface area contributed by atoms with E-state index in [4.69, 9.17) is 30.5 Å². The minimum atomic E-state index is -0.517. The largest absolute Gasteiger partial charge is 0.465 e. The molecule has 1 N–H and O–H groups in total. The summed E-state index contributed by atoms with van der Waals surface area (Å²) in [6.45, 7) is 18.0. The Morgan fingerprint density at radius 1 is 0.652 bits per heavy atom. The number of halogens is 1. The van der Waals surface area contributed by atoms with Crippen molar-refractivity contribution >= 4 is 29.4 Å². The Bertz CT molecular complexity index is 1700. The first-order chi connectivity index (χ1) is 21.5. The summed E-state index contributed by atoms with van der Waals surface area (Å²) in [7, 11) is 2.65. The third-order valence-electron chi connectivity index (χ3n) is 6.61. The number of hydrogen-bond acceptors (Lipinski definition) is 9. The molecule has 0 unspecified atom stereocenters. The summed E-state index contributed by atoms with van der Waals surface area (Å²) in [5, 5.41) is 3.54. The second-order valence-electron chi connectivity index (χ2n) is 12.1.